The number of carbonyl (C=O) groups is 6. The molecular weight excluding hydrogens is 717 g/mol. The number of benzene rings is 1. The van der Waals surface area contributed by atoms with Crippen LogP contribution in [-0.4, -0.2) is 132 Å². The minimum absolute atomic E-state index is 0.0856. The Morgan fingerprint density at radius 2 is 1.67 bits per heavy atom. The molecule has 3 heterocycles. The number of aryl methyl sites for hydroxylation is 1. The van der Waals surface area contributed by atoms with Crippen molar-refractivity contribution >= 4 is 46.6 Å². The Labute approximate surface area is 310 Å². The molecule has 0 spiro atoms. The fraction of sp³-hybridized carbons (Fsp3) is 0.583. The van der Waals surface area contributed by atoms with Crippen LogP contribution in [0.25, 0.3) is 10.9 Å². The molecule has 2 aliphatic rings. The fourth-order valence-electron chi connectivity index (χ4n) is 6.10. The van der Waals surface area contributed by atoms with Gasteiger partial charge in [-0.15, -0.1) is 0 Å². The maximum absolute atomic E-state index is 13.8. The predicted octanol–water partition coefficient (Wildman–Crippen LogP) is 3.11. The van der Waals surface area contributed by atoms with Crippen LogP contribution in [0.3, 0.4) is 0 Å². The maximum Gasteiger partial charge on any atom is 0.409 e. The second kappa shape index (κ2) is 17.8. The van der Waals surface area contributed by atoms with Gasteiger partial charge in [0.05, 0.1) is 12.1 Å². The van der Waals surface area contributed by atoms with Gasteiger partial charge in [0.25, 0.3) is 11.8 Å². The van der Waals surface area contributed by atoms with Gasteiger partial charge >= 0.3 is 18.2 Å². The molecule has 0 radical (unpaired) electrons. The molecule has 0 bridgehead atoms. The highest BCUT2D eigenvalue weighted by molar-refractivity contribution is 5.99. The maximum atomic E-state index is 13.8. The van der Waals surface area contributed by atoms with Gasteiger partial charge in [-0.3, -0.25) is 24.0 Å². The van der Waals surface area contributed by atoms with Crippen LogP contribution in [0.2, 0.25) is 0 Å². The third-order valence-electron chi connectivity index (χ3n) is 8.63. The number of hydrogen-bond acceptors (Lipinski definition) is 10. The number of rotatable bonds is 12. The summed E-state index contributed by atoms with van der Waals surface area (Å²) in [6.45, 7) is 7.60. The molecule has 1 aromatic carbocycles. The van der Waals surface area contributed by atoms with Gasteiger partial charge < -0.3 is 39.5 Å². The van der Waals surface area contributed by atoms with E-state index in [4.69, 9.17) is 14.2 Å². The lowest BCUT2D eigenvalue weighted by Gasteiger charge is -2.36. The van der Waals surface area contributed by atoms with Crippen molar-refractivity contribution in [1.29, 1.82) is 0 Å². The van der Waals surface area contributed by atoms with Gasteiger partial charge in [0.2, 0.25) is 11.8 Å². The summed E-state index contributed by atoms with van der Waals surface area (Å²) in [4.78, 5) is 86.8. The first-order chi connectivity index (χ1) is 25.3. The summed E-state index contributed by atoms with van der Waals surface area (Å²) < 4.78 is 54.4. The van der Waals surface area contributed by atoms with Crippen LogP contribution in [0.4, 0.5) is 18.0 Å². The lowest BCUT2D eigenvalue weighted by atomic mass is 10.1. The molecule has 0 unspecified atom stereocenters. The molecule has 2 fully saturated rings. The molecule has 2 N–H and O–H groups in total. The lowest BCUT2D eigenvalue weighted by Crippen LogP contribution is -2.56. The predicted molar refractivity (Wildman–Crippen MR) is 187 cm³/mol. The number of piperazine rings is 1. The zero-order valence-corrected chi connectivity index (χ0v) is 31.0. The molecule has 54 heavy (non-hydrogen) atoms. The summed E-state index contributed by atoms with van der Waals surface area (Å²) in [6, 6.07) is 4.17. The zero-order chi connectivity index (χ0) is 39.8. The van der Waals surface area contributed by atoms with Gasteiger partial charge in [-0.05, 0) is 71.6 Å². The summed E-state index contributed by atoms with van der Waals surface area (Å²) in [5, 5.41) is 4.97. The number of likely N-dealkylation sites (tertiary alicyclic amines) is 1. The third-order valence-corrected chi connectivity index (χ3v) is 8.63. The number of amides is 5. The van der Waals surface area contributed by atoms with Crippen LogP contribution in [0.5, 0.6) is 5.75 Å². The van der Waals surface area contributed by atoms with Crippen LogP contribution in [0, 0.1) is 6.92 Å². The smallest absolute Gasteiger partial charge is 0.409 e. The van der Waals surface area contributed by atoms with Crippen molar-refractivity contribution in [3.63, 3.8) is 0 Å². The molecule has 2 saturated heterocycles. The molecule has 4 rings (SSSR count). The number of esters is 1. The van der Waals surface area contributed by atoms with Crippen molar-refractivity contribution in [2.75, 3.05) is 52.5 Å². The highest BCUT2D eigenvalue weighted by Crippen LogP contribution is 2.28. The Bertz CT molecular complexity index is 1720. The number of hydrogen-bond donors (Lipinski definition) is 2. The van der Waals surface area contributed by atoms with Crippen molar-refractivity contribution in [2.24, 2.45) is 0 Å². The van der Waals surface area contributed by atoms with E-state index in [9.17, 15) is 41.9 Å². The van der Waals surface area contributed by atoms with E-state index in [1.165, 1.54) is 20.8 Å². The number of nitrogens with zero attached hydrogens (tertiary/aromatic N) is 4. The quantitative estimate of drug-likeness (QED) is 0.306. The Morgan fingerprint density at radius 1 is 0.981 bits per heavy atom. The summed E-state index contributed by atoms with van der Waals surface area (Å²) in [7, 11) is 0. The fourth-order valence-corrected chi connectivity index (χ4v) is 6.10. The molecule has 18 heteroatoms. The molecule has 1 aromatic heterocycles. The molecule has 2 atom stereocenters. The van der Waals surface area contributed by atoms with Gasteiger partial charge in [0.1, 0.15) is 35.7 Å². The first kappa shape index (κ1) is 41.6. The summed E-state index contributed by atoms with van der Waals surface area (Å²) in [5.74, 6) is -3.30. The van der Waals surface area contributed by atoms with Crippen molar-refractivity contribution in [2.45, 2.75) is 84.2 Å². The average molecular weight is 765 g/mol. The molecule has 296 valence electrons. The van der Waals surface area contributed by atoms with Gasteiger partial charge in [0.15, 0.2) is 6.61 Å². The number of aromatic nitrogens is 1. The monoisotopic (exact) mass is 764 g/mol. The Morgan fingerprint density at radius 3 is 2.31 bits per heavy atom. The van der Waals surface area contributed by atoms with E-state index in [0.717, 1.165) is 5.56 Å². The summed E-state index contributed by atoms with van der Waals surface area (Å²) in [6.07, 6.45) is -4.80. The highest BCUT2D eigenvalue weighted by Gasteiger charge is 2.37. The van der Waals surface area contributed by atoms with E-state index < -0.39 is 72.7 Å². The second-order valence-electron chi connectivity index (χ2n) is 14.1. The molecule has 15 nitrogen and oxygen atoms in total. The minimum Gasteiger partial charge on any atom is -0.483 e. The van der Waals surface area contributed by atoms with Gasteiger partial charge in [-0.1, -0.05) is 6.07 Å². The number of fused-ring (bicyclic) bond motifs is 1. The van der Waals surface area contributed by atoms with E-state index in [2.05, 4.69) is 10.3 Å². The Kier molecular flexibility index (Phi) is 13.7. The van der Waals surface area contributed by atoms with E-state index in [0.29, 0.717) is 17.3 Å². The molecule has 2 aliphatic heterocycles. The Hall–Kier alpha value is -5.16. The van der Waals surface area contributed by atoms with Crippen molar-refractivity contribution < 1.29 is 56.1 Å². The number of alkyl halides is 3. The van der Waals surface area contributed by atoms with E-state index in [1.54, 1.807) is 45.9 Å². The molecule has 5 amide bonds. The largest absolute Gasteiger partial charge is 0.483 e. The second-order valence-corrected chi connectivity index (χ2v) is 14.1. The normalized spacial score (nSPS) is 16.8. The van der Waals surface area contributed by atoms with Crippen LogP contribution in [-0.2, 0) is 28.7 Å². The highest BCUT2D eigenvalue weighted by atomic mass is 19.4. The Balaban J connectivity index is 1.53. The number of pyridine rings is 1. The van der Waals surface area contributed by atoms with Crippen LogP contribution in [0.1, 0.15) is 69.4 Å². The van der Waals surface area contributed by atoms with Crippen LogP contribution >= 0.6 is 0 Å². The van der Waals surface area contributed by atoms with E-state index in [1.807, 2.05) is 12.2 Å². The van der Waals surface area contributed by atoms with Gasteiger partial charge in [0, 0.05) is 50.6 Å². The van der Waals surface area contributed by atoms with Crippen molar-refractivity contribution in [3.8, 4) is 5.75 Å². The summed E-state index contributed by atoms with van der Waals surface area (Å²) >= 11 is 0. The van der Waals surface area contributed by atoms with Gasteiger partial charge in [-0.2, -0.15) is 13.2 Å². The number of nitrogens with one attached hydrogen (secondary N) is 2. The molecule has 0 saturated carbocycles. The van der Waals surface area contributed by atoms with Crippen LogP contribution < -0.4 is 15.4 Å². The topological polar surface area (TPSA) is 177 Å². The van der Waals surface area contributed by atoms with Crippen LogP contribution in [0.15, 0.2) is 24.3 Å². The number of halogens is 3. The lowest BCUT2D eigenvalue weighted by molar-refractivity contribution is -0.155. The van der Waals surface area contributed by atoms with E-state index >= 15 is 0 Å². The molecular formula is C36H47F3N6O9. The molecule has 0 aliphatic carbocycles. The average Bonchev–Trinajstić information content (AvgIpc) is 3.60. The third kappa shape index (κ3) is 11.7. The SMILES string of the molecule is CCOC(=O)N1CCN(C(=O)[C@H](CCC(=O)OC(C)(C)C)NC(=O)c2cc(OCC(=O)N3CCC[C@H]3C(=O)NCC(F)(F)F)c3ccc(C)cc3n2)CC1. The summed E-state index contributed by atoms with van der Waals surface area (Å²) in [5.41, 5.74) is 0.195. The van der Waals surface area contributed by atoms with Crippen molar-refractivity contribution in [3.05, 3.63) is 35.5 Å². The number of carbonyl (C=O) groups excluding carboxylic acids is 6. The van der Waals surface area contributed by atoms with Gasteiger partial charge in [-0.25, -0.2) is 9.78 Å². The zero-order valence-electron chi connectivity index (χ0n) is 31.0. The van der Waals surface area contributed by atoms with E-state index in [-0.39, 0.29) is 70.0 Å². The first-order valence-corrected chi connectivity index (χ1v) is 17.8. The standard InChI is InChI=1S/C36H47F3N6O9/c1-6-52-34(51)44-16-14-43(15-17-44)33(50)24(11-12-30(47)54-35(3,4)5)42-31(48)26-19-28(23-10-9-22(2)18-25(23)41-26)53-20-29(46)45-13-7-8-27(45)32(49)40-21-36(37,38)39/h9-10,18-19,24,27H,6-8,11-17,20-21H2,1-5H3,(H,40,49)(H,42,48)/t24-,27-/m0/s1. The van der Waals surface area contributed by atoms with Crippen molar-refractivity contribution in [1.82, 2.24) is 30.3 Å². The number of ether oxygens (including phenoxy) is 3. The first-order valence-electron chi connectivity index (χ1n) is 17.8. The minimum atomic E-state index is -4.61. The molecule has 2 aromatic rings.